The molecule has 0 saturated heterocycles. The lowest BCUT2D eigenvalue weighted by molar-refractivity contribution is -0.129. The Morgan fingerprint density at radius 3 is 2.26 bits per heavy atom. The highest BCUT2D eigenvalue weighted by Gasteiger charge is 2.30. The predicted molar refractivity (Wildman–Crippen MR) is 157 cm³/mol. The third-order valence-electron chi connectivity index (χ3n) is 7.47. The smallest absolute Gasteiger partial charge is 0.233 e. The molecule has 1 aliphatic rings. The molecule has 38 heavy (non-hydrogen) atoms. The van der Waals surface area contributed by atoms with Gasteiger partial charge in [0.05, 0.1) is 10.6 Å². The standard InChI is InChI=1S/C31H36N4OS2/c1-31(2,3)25-15-16-26-24(17-25)18-27(38-26)29-32-33-30(34(29)4)37-21-28(36)35(19-22-11-7-5-8-12-22)20-23-13-9-6-10-14-23/h5-14,18,25H,15-17,19-21H2,1-4H3/t25-/m1/s1. The number of fused-ring (bicyclic) bond motifs is 1. The van der Waals surface area contributed by atoms with Gasteiger partial charge in [-0.25, -0.2) is 0 Å². The molecule has 0 unspecified atom stereocenters. The minimum absolute atomic E-state index is 0.0899. The summed E-state index contributed by atoms with van der Waals surface area (Å²) in [5.74, 6) is 2.01. The van der Waals surface area contributed by atoms with E-state index in [-0.39, 0.29) is 5.91 Å². The van der Waals surface area contributed by atoms with Crippen molar-refractivity contribution >= 4 is 29.0 Å². The maximum atomic E-state index is 13.4. The molecule has 2 heterocycles. The number of nitrogens with zero attached hydrogens (tertiary/aromatic N) is 4. The fourth-order valence-electron chi connectivity index (χ4n) is 5.09. The number of thioether (sulfide) groups is 1. The van der Waals surface area contributed by atoms with Crippen molar-refractivity contribution in [2.24, 2.45) is 18.4 Å². The van der Waals surface area contributed by atoms with E-state index in [4.69, 9.17) is 0 Å². The molecule has 5 nitrogen and oxygen atoms in total. The van der Waals surface area contributed by atoms with Gasteiger partial charge in [-0.15, -0.1) is 21.5 Å². The van der Waals surface area contributed by atoms with E-state index in [1.54, 1.807) is 0 Å². The second-order valence-electron chi connectivity index (χ2n) is 11.2. The molecule has 2 aromatic heterocycles. The highest BCUT2D eigenvalue weighted by Crippen LogP contribution is 2.42. The van der Waals surface area contributed by atoms with Gasteiger partial charge in [-0.3, -0.25) is 4.79 Å². The summed E-state index contributed by atoms with van der Waals surface area (Å²) in [7, 11) is 2.00. The predicted octanol–water partition coefficient (Wildman–Crippen LogP) is 7.02. The number of hydrogen-bond acceptors (Lipinski definition) is 5. The highest BCUT2D eigenvalue weighted by molar-refractivity contribution is 7.99. The summed E-state index contributed by atoms with van der Waals surface area (Å²) >= 11 is 3.31. The zero-order valence-corrected chi connectivity index (χ0v) is 24.3. The summed E-state index contributed by atoms with van der Waals surface area (Å²) in [4.78, 5) is 18.0. The molecular weight excluding hydrogens is 509 g/mol. The minimum Gasteiger partial charge on any atom is -0.333 e. The van der Waals surface area contributed by atoms with Crippen molar-refractivity contribution in [3.05, 3.63) is 88.3 Å². The number of carbonyl (C=O) groups excluding carboxylic acids is 1. The number of hydrogen-bond donors (Lipinski definition) is 0. The topological polar surface area (TPSA) is 51.0 Å². The van der Waals surface area contributed by atoms with E-state index in [2.05, 4.69) is 61.3 Å². The summed E-state index contributed by atoms with van der Waals surface area (Å²) in [6.07, 6.45) is 3.54. The van der Waals surface area contributed by atoms with Gasteiger partial charge in [0, 0.05) is 25.0 Å². The Hall–Kier alpha value is -2.90. The molecule has 1 aliphatic carbocycles. The van der Waals surface area contributed by atoms with Gasteiger partial charge < -0.3 is 9.47 Å². The van der Waals surface area contributed by atoms with E-state index < -0.39 is 0 Å². The Kier molecular flexibility index (Phi) is 8.05. The molecule has 0 radical (unpaired) electrons. The highest BCUT2D eigenvalue weighted by atomic mass is 32.2. The molecule has 2 aromatic carbocycles. The van der Waals surface area contributed by atoms with Gasteiger partial charge in [-0.05, 0) is 53.4 Å². The van der Waals surface area contributed by atoms with Crippen molar-refractivity contribution in [1.29, 1.82) is 0 Å². The van der Waals surface area contributed by atoms with Gasteiger partial charge in [0.1, 0.15) is 0 Å². The summed E-state index contributed by atoms with van der Waals surface area (Å²) in [5.41, 5.74) is 4.05. The van der Waals surface area contributed by atoms with Crippen LogP contribution in [0.1, 0.15) is 48.8 Å². The second-order valence-corrected chi connectivity index (χ2v) is 13.3. The quantitative estimate of drug-likeness (QED) is 0.224. The Labute approximate surface area is 234 Å². The number of rotatable bonds is 8. The van der Waals surface area contributed by atoms with Gasteiger partial charge in [0.15, 0.2) is 11.0 Å². The maximum Gasteiger partial charge on any atom is 0.233 e. The number of aromatic nitrogens is 3. The summed E-state index contributed by atoms with van der Waals surface area (Å²) < 4.78 is 2.04. The Morgan fingerprint density at radius 2 is 1.66 bits per heavy atom. The molecule has 1 amide bonds. The number of benzene rings is 2. The van der Waals surface area contributed by atoms with Gasteiger partial charge in [-0.2, -0.15) is 0 Å². The molecular formula is C31H36N4OS2. The van der Waals surface area contributed by atoms with Crippen molar-refractivity contribution in [3.63, 3.8) is 0 Å². The van der Waals surface area contributed by atoms with Crippen LogP contribution in [0.25, 0.3) is 10.7 Å². The number of aryl methyl sites for hydroxylation is 1. The SMILES string of the molecule is Cn1c(SCC(=O)N(Cc2ccccc2)Cc2ccccc2)nnc1-c1cc2c(s1)CC[C@@H](C(C)(C)C)C2. The Morgan fingerprint density at radius 1 is 1.03 bits per heavy atom. The van der Waals surface area contributed by atoms with Crippen molar-refractivity contribution in [3.8, 4) is 10.7 Å². The van der Waals surface area contributed by atoms with E-state index in [1.165, 1.54) is 33.5 Å². The van der Waals surface area contributed by atoms with Crippen LogP contribution in [-0.4, -0.2) is 31.3 Å². The van der Waals surface area contributed by atoms with Crippen LogP contribution in [0.3, 0.4) is 0 Å². The van der Waals surface area contributed by atoms with E-state index in [0.717, 1.165) is 34.9 Å². The first kappa shape index (κ1) is 26.7. The molecule has 5 rings (SSSR count). The maximum absolute atomic E-state index is 13.4. The lowest BCUT2D eigenvalue weighted by Gasteiger charge is -2.33. The first-order chi connectivity index (χ1) is 18.3. The lowest BCUT2D eigenvalue weighted by Crippen LogP contribution is -2.31. The molecule has 198 valence electrons. The molecule has 4 aromatic rings. The summed E-state index contributed by atoms with van der Waals surface area (Å²) in [6.45, 7) is 8.21. The molecule has 0 N–H and O–H groups in total. The van der Waals surface area contributed by atoms with Gasteiger partial charge in [-0.1, -0.05) is 93.2 Å². The Bertz CT molecular complexity index is 1330. The zero-order chi connectivity index (χ0) is 26.7. The fourth-order valence-corrected chi connectivity index (χ4v) is 7.13. The van der Waals surface area contributed by atoms with Crippen LogP contribution >= 0.6 is 23.1 Å². The molecule has 1 atom stereocenters. The molecule has 0 spiro atoms. The molecule has 0 bridgehead atoms. The van der Waals surface area contributed by atoms with Crippen LogP contribution in [0.15, 0.2) is 71.9 Å². The van der Waals surface area contributed by atoms with Crippen molar-refractivity contribution in [1.82, 2.24) is 19.7 Å². The van der Waals surface area contributed by atoms with E-state index in [1.807, 2.05) is 64.2 Å². The largest absolute Gasteiger partial charge is 0.333 e. The van der Waals surface area contributed by atoms with Crippen LogP contribution in [0.4, 0.5) is 0 Å². The van der Waals surface area contributed by atoms with E-state index >= 15 is 0 Å². The van der Waals surface area contributed by atoms with Crippen molar-refractivity contribution in [2.75, 3.05) is 5.75 Å². The minimum atomic E-state index is 0.0899. The molecule has 0 saturated carbocycles. The van der Waals surface area contributed by atoms with Crippen LogP contribution in [0.2, 0.25) is 0 Å². The monoisotopic (exact) mass is 544 g/mol. The first-order valence-corrected chi connectivity index (χ1v) is 15.1. The van der Waals surface area contributed by atoms with E-state index in [9.17, 15) is 4.79 Å². The van der Waals surface area contributed by atoms with Gasteiger partial charge in [0.25, 0.3) is 0 Å². The number of carbonyl (C=O) groups is 1. The third-order valence-corrected chi connectivity index (χ3v) is 9.71. The number of amides is 1. The van der Waals surface area contributed by atoms with Crippen LogP contribution in [-0.2, 0) is 37.8 Å². The fraction of sp³-hybridized carbons (Fsp3) is 0.387. The first-order valence-electron chi connectivity index (χ1n) is 13.3. The van der Waals surface area contributed by atoms with Crippen LogP contribution in [0, 0.1) is 11.3 Å². The third kappa shape index (κ3) is 6.21. The van der Waals surface area contributed by atoms with Crippen LogP contribution < -0.4 is 0 Å². The molecule has 0 fully saturated rings. The van der Waals surface area contributed by atoms with Gasteiger partial charge in [0.2, 0.25) is 5.91 Å². The second kappa shape index (κ2) is 11.5. The normalized spacial score (nSPS) is 15.3. The average molecular weight is 545 g/mol. The molecule has 0 aliphatic heterocycles. The lowest BCUT2D eigenvalue weighted by atomic mass is 9.72. The van der Waals surface area contributed by atoms with Gasteiger partial charge >= 0.3 is 0 Å². The van der Waals surface area contributed by atoms with Crippen LogP contribution in [0.5, 0.6) is 0 Å². The average Bonchev–Trinajstić information content (AvgIpc) is 3.50. The Balaban J connectivity index is 1.27. The summed E-state index contributed by atoms with van der Waals surface area (Å²) in [6, 6.07) is 22.7. The summed E-state index contributed by atoms with van der Waals surface area (Å²) in [5, 5.41) is 9.77. The van der Waals surface area contributed by atoms with Crippen molar-refractivity contribution < 1.29 is 4.79 Å². The van der Waals surface area contributed by atoms with Crippen molar-refractivity contribution in [2.45, 2.75) is 58.3 Å². The molecule has 7 heteroatoms. The van der Waals surface area contributed by atoms with E-state index in [0.29, 0.717) is 30.2 Å². The number of thiophene rings is 1. The zero-order valence-electron chi connectivity index (χ0n) is 22.7.